The molecule has 1 heterocycles. The summed E-state index contributed by atoms with van der Waals surface area (Å²) in [5.74, 6) is 0.674. The zero-order chi connectivity index (χ0) is 12.8. The molecule has 0 spiro atoms. The van der Waals surface area contributed by atoms with Crippen molar-refractivity contribution in [1.82, 2.24) is 10.2 Å². The highest BCUT2D eigenvalue weighted by atomic mass is 16.5. The number of amides is 1. The largest absolute Gasteiger partial charge is 0.377 e. The summed E-state index contributed by atoms with van der Waals surface area (Å²) in [4.78, 5) is 14.7. The Kier molecular flexibility index (Phi) is 5.45. The lowest BCUT2D eigenvalue weighted by molar-refractivity contribution is -0.145. The Morgan fingerprint density at radius 1 is 1.33 bits per heavy atom. The van der Waals surface area contributed by atoms with E-state index in [1.807, 2.05) is 7.05 Å². The zero-order valence-electron chi connectivity index (χ0n) is 11.5. The highest BCUT2D eigenvalue weighted by Crippen LogP contribution is 2.27. The fourth-order valence-corrected chi connectivity index (χ4v) is 3.08. The van der Waals surface area contributed by atoms with E-state index in [2.05, 4.69) is 10.2 Å². The summed E-state index contributed by atoms with van der Waals surface area (Å²) in [6.07, 6.45) is 6.93. The lowest BCUT2D eigenvalue weighted by Crippen LogP contribution is -2.51. The molecule has 2 aliphatic rings. The summed E-state index contributed by atoms with van der Waals surface area (Å²) in [5, 5.41) is 3.16. The van der Waals surface area contributed by atoms with Crippen LogP contribution in [0.1, 0.15) is 38.5 Å². The van der Waals surface area contributed by atoms with Crippen molar-refractivity contribution in [2.24, 2.45) is 5.92 Å². The Hall–Kier alpha value is -0.610. The van der Waals surface area contributed by atoms with Crippen LogP contribution in [0.2, 0.25) is 0 Å². The average Bonchev–Trinajstić information content (AvgIpc) is 2.45. The standard InChI is InChI=1S/C14H26N2O2/c1-15-8-7-13-11-18-10-9-16(13)14(17)12-5-3-2-4-6-12/h12-13,15H,2-11H2,1H3. The summed E-state index contributed by atoms with van der Waals surface area (Å²) in [6, 6.07) is 0.278. The van der Waals surface area contributed by atoms with Crippen LogP contribution in [0.15, 0.2) is 0 Å². The van der Waals surface area contributed by atoms with Gasteiger partial charge in [-0.1, -0.05) is 19.3 Å². The molecule has 1 aliphatic carbocycles. The molecule has 0 aromatic carbocycles. The van der Waals surface area contributed by atoms with E-state index in [1.54, 1.807) is 0 Å². The normalized spacial score (nSPS) is 26.3. The Morgan fingerprint density at radius 3 is 2.83 bits per heavy atom. The van der Waals surface area contributed by atoms with Gasteiger partial charge in [0.25, 0.3) is 0 Å². The first-order chi connectivity index (χ1) is 8.83. The summed E-state index contributed by atoms with van der Waals surface area (Å²) in [5.41, 5.74) is 0. The van der Waals surface area contributed by atoms with Gasteiger partial charge in [0.2, 0.25) is 5.91 Å². The SMILES string of the molecule is CNCCC1COCCN1C(=O)C1CCCCC1. The van der Waals surface area contributed by atoms with Gasteiger partial charge in [-0.25, -0.2) is 0 Å². The smallest absolute Gasteiger partial charge is 0.226 e. The molecule has 1 N–H and O–H groups in total. The van der Waals surface area contributed by atoms with E-state index in [0.717, 1.165) is 32.4 Å². The summed E-state index contributed by atoms with van der Waals surface area (Å²) in [6.45, 7) is 3.14. The van der Waals surface area contributed by atoms with Crippen LogP contribution in [-0.2, 0) is 9.53 Å². The van der Waals surface area contributed by atoms with E-state index in [9.17, 15) is 4.79 Å². The molecule has 1 atom stereocenters. The molecule has 1 unspecified atom stereocenters. The van der Waals surface area contributed by atoms with Crippen molar-refractivity contribution in [3.05, 3.63) is 0 Å². The molecular weight excluding hydrogens is 228 g/mol. The Balaban J connectivity index is 1.91. The molecule has 104 valence electrons. The van der Waals surface area contributed by atoms with Crippen molar-refractivity contribution in [3.8, 4) is 0 Å². The predicted octanol–water partition coefficient (Wildman–Crippen LogP) is 1.40. The molecule has 1 saturated carbocycles. The Labute approximate surface area is 110 Å². The van der Waals surface area contributed by atoms with Gasteiger partial charge in [0.15, 0.2) is 0 Å². The highest BCUT2D eigenvalue weighted by Gasteiger charge is 2.32. The molecule has 1 aliphatic heterocycles. The molecule has 0 radical (unpaired) electrons. The van der Waals surface area contributed by atoms with Crippen LogP contribution in [0.3, 0.4) is 0 Å². The topological polar surface area (TPSA) is 41.6 Å². The minimum atomic E-state index is 0.278. The third-order valence-electron chi connectivity index (χ3n) is 4.19. The van der Waals surface area contributed by atoms with Crippen LogP contribution in [0.5, 0.6) is 0 Å². The number of carbonyl (C=O) groups is 1. The highest BCUT2D eigenvalue weighted by molar-refractivity contribution is 5.79. The molecule has 18 heavy (non-hydrogen) atoms. The first-order valence-corrected chi connectivity index (χ1v) is 7.35. The molecule has 0 bridgehead atoms. The van der Waals surface area contributed by atoms with Crippen LogP contribution >= 0.6 is 0 Å². The Bertz CT molecular complexity index is 265. The van der Waals surface area contributed by atoms with Gasteiger partial charge in [0.05, 0.1) is 19.3 Å². The van der Waals surface area contributed by atoms with Crippen molar-refractivity contribution in [1.29, 1.82) is 0 Å². The van der Waals surface area contributed by atoms with Gasteiger partial charge in [0, 0.05) is 12.5 Å². The molecule has 2 fully saturated rings. The maximum Gasteiger partial charge on any atom is 0.226 e. The lowest BCUT2D eigenvalue weighted by atomic mass is 9.87. The lowest BCUT2D eigenvalue weighted by Gasteiger charge is -2.38. The third kappa shape index (κ3) is 3.45. The van der Waals surface area contributed by atoms with E-state index in [4.69, 9.17) is 4.74 Å². The van der Waals surface area contributed by atoms with E-state index in [1.165, 1.54) is 19.3 Å². The van der Waals surface area contributed by atoms with Gasteiger partial charge in [-0.05, 0) is 32.9 Å². The number of ether oxygens (including phenoxy) is 1. The number of morpholine rings is 1. The number of carbonyl (C=O) groups excluding carboxylic acids is 1. The van der Waals surface area contributed by atoms with Gasteiger partial charge in [0.1, 0.15) is 0 Å². The van der Waals surface area contributed by atoms with Crippen molar-refractivity contribution < 1.29 is 9.53 Å². The summed E-state index contributed by atoms with van der Waals surface area (Å²) in [7, 11) is 1.96. The van der Waals surface area contributed by atoms with Gasteiger partial charge >= 0.3 is 0 Å². The minimum Gasteiger partial charge on any atom is -0.377 e. The van der Waals surface area contributed by atoms with Crippen LogP contribution < -0.4 is 5.32 Å². The first kappa shape index (κ1) is 13.8. The van der Waals surface area contributed by atoms with E-state index in [0.29, 0.717) is 19.1 Å². The van der Waals surface area contributed by atoms with E-state index < -0.39 is 0 Å². The van der Waals surface area contributed by atoms with Crippen LogP contribution in [-0.4, -0.2) is 50.2 Å². The van der Waals surface area contributed by atoms with Gasteiger partial charge < -0.3 is 15.0 Å². The second-order valence-electron chi connectivity index (χ2n) is 5.49. The molecule has 0 aromatic rings. The molecule has 2 rings (SSSR count). The summed E-state index contributed by atoms with van der Waals surface area (Å²) >= 11 is 0. The first-order valence-electron chi connectivity index (χ1n) is 7.35. The number of rotatable bonds is 4. The fraction of sp³-hybridized carbons (Fsp3) is 0.929. The second-order valence-corrected chi connectivity index (χ2v) is 5.49. The second kappa shape index (κ2) is 7.10. The van der Waals surface area contributed by atoms with Crippen LogP contribution in [0, 0.1) is 5.92 Å². The van der Waals surface area contributed by atoms with Crippen LogP contribution in [0.25, 0.3) is 0 Å². The minimum absolute atomic E-state index is 0.278. The molecule has 1 amide bonds. The van der Waals surface area contributed by atoms with Crippen LogP contribution in [0.4, 0.5) is 0 Å². The zero-order valence-corrected chi connectivity index (χ0v) is 11.5. The number of nitrogens with one attached hydrogen (secondary N) is 1. The number of hydrogen-bond acceptors (Lipinski definition) is 3. The molecule has 0 aromatic heterocycles. The molecule has 4 heteroatoms. The molecule has 4 nitrogen and oxygen atoms in total. The van der Waals surface area contributed by atoms with Crippen molar-refractivity contribution in [2.75, 3.05) is 33.4 Å². The van der Waals surface area contributed by atoms with E-state index >= 15 is 0 Å². The van der Waals surface area contributed by atoms with Crippen molar-refractivity contribution in [3.63, 3.8) is 0 Å². The summed E-state index contributed by atoms with van der Waals surface area (Å²) < 4.78 is 5.53. The van der Waals surface area contributed by atoms with Gasteiger partial charge in [-0.2, -0.15) is 0 Å². The fourth-order valence-electron chi connectivity index (χ4n) is 3.08. The maximum absolute atomic E-state index is 12.6. The van der Waals surface area contributed by atoms with Crippen molar-refractivity contribution in [2.45, 2.75) is 44.6 Å². The molecular formula is C14H26N2O2. The molecule has 1 saturated heterocycles. The number of nitrogens with zero attached hydrogens (tertiary/aromatic N) is 1. The van der Waals surface area contributed by atoms with Gasteiger partial charge in [-0.3, -0.25) is 4.79 Å². The third-order valence-corrected chi connectivity index (χ3v) is 4.19. The van der Waals surface area contributed by atoms with Gasteiger partial charge in [-0.15, -0.1) is 0 Å². The van der Waals surface area contributed by atoms with Crippen molar-refractivity contribution >= 4 is 5.91 Å². The Morgan fingerprint density at radius 2 is 2.11 bits per heavy atom. The predicted molar refractivity (Wildman–Crippen MR) is 71.4 cm³/mol. The monoisotopic (exact) mass is 254 g/mol. The van der Waals surface area contributed by atoms with E-state index in [-0.39, 0.29) is 12.0 Å². The number of hydrogen-bond donors (Lipinski definition) is 1. The average molecular weight is 254 g/mol. The maximum atomic E-state index is 12.6. The quantitative estimate of drug-likeness (QED) is 0.824.